The van der Waals surface area contributed by atoms with Crippen LogP contribution >= 0.6 is 15.9 Å². The minimum atomic E-state index is 0.984. The van der Waals surface area contributed by atoms with Crippen molar-refractivity contribution >= 4 is 21.7 Å². The van der Waals surface area contributed by atoms with Crippen LogP contribution in [0.3, 0.4) is 0 Å². The first-order valence-corrected chi connectivity index (χ1v) is 4.64. The zero-order valence-corrected chi connectivity index (χ0v) is 8.39. The van der Waals surface area contributed by atoms with Gasteiger partial charge in [0.15, 0.2) is 0 Å². The average molecular weight is 225 g/mol. The Morgan fingerprint density at radius 3 is 3.00 bits per heavy atom. The predicted molar refractivity (Wildman–Crippen MR) is 52.8 cm³/mol. The zero-order valence-electron chi connectivity index (χ0n) is 6.80. The molecule has 0 unspecified atom stereocenters. The molecular weight excluding hydrogens is 216 g/mol. The quantitative estimate of drug-likeness (QED) is 0.713. The summed E-state index contributed by atoms with van der Waals surface area (Å²) in [6.45, 7) is 0. The summed E-state index contributed by atoms with van der Waals surface area (Å²) in [5.41, 5.74) is 2.54. The predicted octanol–water partition coefficient (Wildman–Crippen LogP) is 2.99. The molecule has 0 N–H and O–H groups in total. The van der Waals surface area contributed by atoms with E-state index in [1.807, 2.05) is 6.07 Å². The van der Waals surface area contributed by atoms with E-state index in [2.05, 4.69) is 34.1 Å². The minimum Gasteiger partial charge on any atom is -0.496 e. The van der Waals surface area contributed by atoms with Crippen LogP contribution in [0.15, 0.2) is 28.7 Å². The van der Waals surface area contributed by atoms with Crippen LogP contribution in [0.1, 0.15) is 11.1 Å². The molecule has 1 aliphatic rings. The van der Waals surface area contributed by atoms with E-state index in [4.69, 9.17) is 4.74 Å². The number of allylic oxidation sites excluding steroid dienone is 1. The number of benzene rings is 1. The first-order chi connectivity index (χ1) is 5.83. The topological polar surface area (TPSA) is 9.23 Å². The molecule has 0 radical (unpaired) electrons. The van der Waals surface area contributed by atoms with Gasteiger partial charge in [-0.2, -0.15) is 0 Å². The lowest BCUT2D eigenvalue weighted by atomic mass is 10.1. The van der Waals surface area contributed by atoms with E-state index in [-0.39, 0.29) is 0 Å². The van der Waals surface area contributed by atoms with E-state index in [0.717, 1.165) is 16.7 Å². The smallest absolute Gasteiger partial charge is 0.123 e. The van der Waals surface area contributed by atoms with Gasteiger partial charge in [-0.05, 0) is 24.1 Å². The monoisotopic (exact) mass is 224 g/mol. The third-order valence-corrected chi connectivity index (χ3v) is 2.73. The van der Waals surface area contributed by atoms with Gasteiger partial charge in [-0.25, -0.2) is 0 Å². The van der Waals surface area contributed by atoms with E-state index in [1.54, 1.807) is 7.11 Å². The van der Waals surface area contributed by atoms with E-state index in [9.17, 15) is 0 Å². The van der Waals surface area contributed by atoms with Crippen LogP contribution in [0.25, 0.3) is 5.76 Å². The van der Waals surface area contributed by atoms with E-state index < -0.39 is 0 Å². The molecule has 0 aromatic heterocycles. The van der Waals surface area contributed by atoms with Crippen molar-refractivity contribution in [2.75, 3.05) is 7.11 Å². The van der Waals surface area contributed by atoms with Gasteiger partial charge in [-0.1, -0.05) is 28.1 Å². The van der Waals surface area contributed by atoms with Gasteiger partial charge in [0.25, 0.3) is 0 Å². The lowest BCUT2D eigenvalue weighted by molar-refractivity contribution is 0.370. The van der Waals surface area contributed by atoms with Crippen LogP contribution in [-0.2, 0) is 11.2 Å². The van der Waals surface area contributed by atoms with Gasteiger partial charge >= 0.3 is 0 Å². The van der Waals surface area contributed by atoms with Crippen LogP contribution < -0.4 is 0 Å². The second-order valence-corrected chi connectivity index (χ2v) is 3.60. The van der Waals surface area contributed by atoms with Crippen molar-refractivity contribution in [1.82, 2.24) is 0 Å². The largest absolute Gasteiger partial charge is 0.496 e. The Hall–Kier alpha value is -0.760. The maximum absolute atomic E-state index is 5.25. The normalized spacial score (nSPS) is 14.0. The lowest BCUT2D eigenvalue weighted by Gasteiger charge is -2.05. The highest BCUT2D eigenvalue weighted by Gasteiger charge is 2.16. The number of rotatable bonds is 1. The zero-order chi connectivity index (χ0) is 8.55. The van der Waals surface area contributed by atoms with Crippen molar-refractivity contribution < 1.29 is 4.74 Å². The second-order valence-electron chi connectivity index (χ2n) is 2.75. The molecule has 2 heteroatoms. The SMILES string of the molecule is COC1=CCc2cccc(Br)c21. The van der Waals surface area contributed by atoms with E-state index >= 15 is 0 Å². The molecule has 0 heterocycles. The number of methoxy groups -OCH3 is 1. The number of hydrogen-bond acceptors (Lipinski definition) is 1. The Morgan fingerprint density at radius 2 is 2.25 bits per heavy atom. The molecule has 0 fully saturated rings. The van der Waals surface area contributed by atoms with E-state index in [0.29, 0.717) is 0 Å². The summed E-state index contributed by atoms with van der Waals surface area (Å²) in [6, 6.07) is 6.22. The maximum atomic E-state index is 5.25. The fourth-order valence-electron chi connectivity index (χ4n) is 1.50. The van der Waals surface area contributed by atoms with Crippen molar-refractivity contribution in [3.63, 3.8) is 0 Å². The molecule has 2 rings (SSSR count). The molecule has 0 saturated heterocycles. The molecule has 0 atom stereocenters. The summed E-state index contributed by atoms with van der Waals surface area (Å²) in [5, 5.41) is 0. The van der Waals surface area contributed by atoms with Gasteiger partial charge in [0.05, 0.1) is 7.11 Å². The van der Waals surface area contributed by atoms with Gasteiger partial charge in [0.2, 0.25) is 0 Å². The third kappa shape index (κ3) is 1.07. The van der Waals surface area contributed by atoms with Crippen LogP contribution in [0.4, 0.5) is 0 Å². The number of halogens is 1. The van der Waals surface area contributed by atoms with Crippen LogP contribution in [0.5, 0.6) is 0 Å². The summed E-state index contributed by atoms with van der Waals surface area (Å²) in [7, 11) is 1.71. The summed E-state index contributed by atoms with van der Waals surface area (Å²) >= 11 is 3.51. The van der Waals surface area contributed by atoms with Crippen LogP contribution in [0, 0.1) is 0 Å². The highest BCUT2D eigenvalue weighted by molar-refractivity contribution is 9.10. The molecule has 1 aliphatic carbocycles. The average Bonchev–Trinajstić information content (AvgIpc) is 2.49. The van der Waals surface area contributed by atoms with Crippen LogP contribution in [0.2, 0.25) is 0 Å². The third-order valence-electron chi connectivity index (χ3n) is 2.07. The first-order valence-electron chi connectivity index (χ1n) is 3.85. The van der Waals surface area contributed by atoms with Gasteiger partial charge in [-0.3, -0.25) is 0 Å². The molecular formula is C10H9BrO. The van der Waals surface area contributed by atoms with Crippen LogP contribution in [-0.4, -0.2) is 7.11 Å². The second kappa shape index (κ2) is 2.94. The summed E-state index contributed by atoms with van der Waals surface area (Å²) in [6.07, 6.45) is 3.09. The molecule has 1 nitrogen and oxygen atoms in total. The van der Waals surface area contributed by atoms with E-state index in [1.165, 1.54) is 11.1 Å². The Morgan fingerprint density at radius 1 is 1.42 bits per heavy atom. The maximum Gasteiger partial charge on any atom is 0.123 e. The van der Waals surface area contributed by atoms with Crippen molar-refractivity contribution in [1.29, 1.82) is 0 Å². The molecule has 0 spiro atoms. The Kier molecular flexibility index (Phi) is 1.93. The minimum absolute atomic E-state index is 0.984. The van der Waals surface area contributed by atoms with Crippen molar-refractivity contribution in [2.45, 2.75) is 6.42 Å². The fraction of sp³-hybridized carbons (Fsp3) is 0.200. The van der Waals surface area contributed by atoms with Crippen molar-refractivity contribution in [3.05, 3.63) is 39.9 Å². The van der Waals surface area contributed by atoms with Gasteiger partial charge in [-0.15, -0.1) is 0 Å². The lowest BCUT2D eigenvalue weighted by Crippen LogP contribution is -1.87. The Bertz CT molecular complexity index is 342. The Labute approximate surface area is 80.2 Å². The standard InChI is InChI=1S/C10H9BrO/c1-12-9-6-5-7-3-2-4-8(11)10(7)9/h2-4,6H,5H2,1H3. The summed E-state index contributed by atoms with van der Waals surface area (Å²) < 4.78 is 6.37. The van der Waals surface area contributed by atoms with Crippen molar-refractivity contribution in [2.24, 2.45) is 0 Å². The molecule has 12 heavy (non-hydrogen) atoms. The molecule has 1 aromatic rings. The Balaban J connectivity index is 2.57. The molecule has 0 aliphatic heterocycles. The molecule has 0 amide bonds. The summed E-state index contributed by atoms with van der Waals surface area (Å²) in [5.74, 6) is 0.984. The highest BCUT2D eigenvalue weighted by Crippen LogP contribution is 2.33. The molecule has 0 saturated carbocycles. The number of fused-ring (bicyclic) bond motifs is 1. The van der Waals surface area contributed by atoms with Gasteiger partial charge in [0, 0.05) is 10.0 Å². The van der Waals surface area contributed by atoms with Gasteiger partial charge in [0.1, 0.15) is 5.76 Å². The fourth-order valence-corrected chi connectivity index (χ4v) is 2.11. The molecule has 1 aromatic carbocycles. The molecule has 0 bridgehead atoms. The highest BCUT2D eigenvalue weighted by atomic mass is 79.9. The summed E-state index contributed by atoms with van der Waals surface area (Å²) in [4.78, 5) is 0. The van der Waals surface area contributed by atoms with Crippen molar-refractivity contribution in [3.8, 4) is 0 Å². The molecule has 62 valence electrons. The first kappa shape index (κ1) is 7.87. The number of hydrogen-bond donors (Lipinski definition) is 0. The number of ether oxygens (including phenoxy) is 1. The van der Waals surface area contributed by atoms with Gasteiger partial charge < -0.3 is 4.74 Å².